The molecule has 1 aliphatic heterocycles. The van der Waals surface area contributed by atoms with Crippen molar-refractivity contribution in [1.82, 2.24) is 4.98 Å². The lowest BCUT2D eigenvalue weighted by molar-refractivity contribution is -0.135. The Bertz CT molecular complexity index is 894. The second-order valence-corrected chi connectivity index (χ2v) is 6.11. The molecule has 128 valence electrons. The van der Waals surface area contributed by atoms with Crippen molar-refractivity contribution in [2.75, 3.05) is 6.61 Å². The molecule has 8 heteroatoms. The molecule has 1 aliphatic rings. The van der Waals surface area contributed by atoms with Crippen molar-refractivity contribution in [1.29, 1.82) is 0 Å². The Kier molecular flexibility index (Phi) is 4.60. The van der Waals surface area contributed by atoms with Crippen LogP contribution in [0.5, 0.6) is 0 Å². The predicted molar refractivity (Wildman–Crippen MR) is 94.6 cm³/mol. The molecule has 2 N–H and O–H groups in total. The smallest absolute Gasteiger partial charge is 0.355 e. The number of hydrogen-bond acceptors (Lipinski definition) is 6. The van der Waals surface area contributed by atoms with Crippen molar-refractivity contribution in [3.63, 3.8) is 0 Å². The maximum Gasteiger partial charge on any atom is 0.355 e. The van der Waals surface area contributed by atoms with Crippen molar-refractivity contribution in [3.8, 4) is 0 Å². The zero-order chi connectivity index (χ0) is 18.2. The Morgan fingerprint density at radius 3 is 2.48 bits per heavy atom. The molecule has 1 unspecified atom stereocenters. The third-order valence-corrected chi connectivity index (χ3v) is 4.17. The minimum absolute atomic E-state index is 0.0420. The number of carbonyl (C=O) groups is 2. The normalized spacial score (nSPS) is 18.5. The Morgan fingerprint density at radius 2 is 1.84 bits per heavy atom. The maximum atomic E-state index is 13.2. The van der Waals surface area contributed by atoms with Gasteiger partial charge in [-0.2, -0.15) is 0 Å². The summed E-state index contributed by atoms with van der Waals surface area (Å²) in [6, 6.07) is 9.45. The van der Waals surface area contributed by atoms with Crippen molar-refractivity contribution in [3.05, 3.63) is 57.8 Å². The predicted octanol–water partition coefficient (Wildman–Crippen LogP) is 3.07. The van der Waals surface area contributed by atoms with Gasteiger partial charge in [0.1, 0.15) is 10.3 Å². The van der Waals surface area contributed by atoms with Crippen molar-refractivity contribution < 1.29 is 14.3 Å². The zero-order valence-electron chi connectivity index (χ0n) is 13.1. The van der Waals surface area contributed by atoms with E-state index in [2.05, 4.69) is 9.98 Å². The Balaban J connectivity index is 2.16. The first kappa shape index (κ1) is 17.5. The number of aliphatic imine (C=N–C) groups is 1. The first-order valence-electron chi connectivity index (χ1n) is 7.40. The van der Waals surface area contributed by atoms with E-state index in [0.29, 0.717) is 11.3 Å². The van der Waals surface area contributed by atoms with Crippen LogP contribution in [-0.2, 0) is 15.1 Å². The van der Waals surface area contributed by atoms with E-state index in [9.17, 15) is 9.59 Å². The van der Waals surface area contributed by atoms with Crippen LogP contribution in [-0.4, -0.2) is 29.1 Å². The molecule has 0 saturated carbocycles. The number of nitrogens with two attached hydrogens (primary N) is 1. The summed E-state index contributed by atoms with van der Waals surface area (Å²) < 4.78 is 5.02. The molecule has 25 heavy (non-hydrogen) atoms. The average Bonchev–Trinajstić information content (AvgIpc) is 2.88. The number of esters is 1. The van der Waals surface area contributed by atoms with Gasteiger partial charge in [0, 0.05) is 11.1 Å². The van der Waals surface area contributed by atoms with Gasteiger partial charge in [0.25, 0.3) is 0 Å². The van der Waals surface area contributed by atoms with Crippen LogP contribution in [0, 0.1) is 0 Å². The number of aromatic nitrogens is 1. The molecule has 0 bridgehead atoms. The lowest BCUT2D eigenvalue weighted by Gasteiger charge is -2.25. The quantitative estimate of drug-likeness (QED) is 0.501. The van der Waals surface area contributed by atoms with Gasteiger partial charge >= 0.3 is 5.97 Å². The number of benzene rings is 1. The SMILES string of the molecule is CCOC(=O)C1=Nc2ccccc2C1(N)C(=O)c1cc(Cl)nc(Cl)c1. The van der Waals surface area contributed by atoms with E-state index in [1.54, 1.807) is 31.2 Å². The van der Waals surface area contributed by atoms with E-state index >= 15 is 0 Å². The maximum absolute atomic E-state index is 13.2. The number of fused-ring (bicyclic) bond motifs is 1. The molecule has 1 aromatic carbocycles. The lowest BCUT2D eigenvalue weighted by Crippen LogP contribution is -2.53. The summed E-state index contributed by atoms with van der Waals surface area (Å²) in [4.78, 5) is 33.6. The largest absolute Gasteiger partial charge is 0.461 e. The van der Waals surface area contributed by atoms with Crippen LogP contribution in [0.1, 0.15) is 22.8 Å². The number of ether oxygens (including phenoxy) is 1. The molecule has 0 spiro atoms. The molecule has 0 amide bonds. The van der Waals surface area contributed by atoms with Crippen LogP contribution < -0.4 is 5.73 Å². The summed E-state index contributed by atoms with van der Waals surface area (Å²) in [7, 11) is 0. The van der Waals surface area contributed by atoms with Crippen molar-refractivity contribution >= 4 is 46.4 Å². The van der Waals surface area contributed by atoms with Gasteiger partial charge in [0.05, 0.1) is 12.3 Å². The summed E-state index contributed by atoms with van der Waals surface area (Å²) >= 11 is 11.8. The van der Waals surface area contributed by atoms with Crippen LogP contribution in [0.2, 0.25) is 10.3 Å². The summed E-state index contributed by atoms with van der Waals surface area (Å²) in [5.41, 5.74) is 5.44. The van der Waals surface area contributed by atoms with Gasteiger partial charge < -0.3 is 10.5 Å². The molecule has 0 fully saturated rings. The molecule has 3 rings (SSSR count). The standard InChI is InChI=1S/C17H13Cl2N3O3/c1-2-25-16(24)14-17(20,10-5-3-4-6-11(10)21-14)15(23)9-7-12(18)22-13(19)8-9/h3-8H,2,20H2,1H3. The van der Waals surface area contributed by atoms with E-state index < -0.39 is 17.3 Å². The molecule has 1 atom stereocenters. The molecule has 2 heterocycles. The van der Waals surface area contributed by atoms with Gasteiger partial charge in [-0.3, -0.25) is 4.79 Å². The second-order valence-electron chi connectivity index (χ2n) is 5.34. The van der Waals surface area contributed by atoms with Gasteiger partial charge in [-0.15, -0.1) is 0 Å². The molecule has 6 nitrogen and oxygen atoms in total. The van der Waals surface area contributed by atoms with E-state index in [0.717, 1.165) is 0 Å². The molecular formula is C17H13Cl2N3O3. The summed E-state index contributed by atoms with van der Waals surface area (Å²) in [6.45, 7) is 1.79. The Morgan fingerprint density at radius 1 is 1.20 bits per heavy atom. The van der Waals surface area contributed by atoms with Crippen LogP contribution in [0.25, 0.3) is 0 Å². The number of para-hydroxylation sites is 1. The van der Waals surface area contributed by atoms with Crippen LogP contribution in [0.3, 0.4) is 0 Å². The van der Waals surface area contributed by atoms with Gasteiger partial charge in [-0.1, -0.05) is 41.4 Å². The summed E-state index contributed by atoms with van der Waals surface area (Å²) in [5.74, 6) is -1.32. The third-order valence-electron chi connectivity index (χ3n) is 3.79. The molecule has 0 radical (unpaired) electrons. The molecule has 0 aliphatic carbocycles. The minimum atomic E-state index is -1.79. The fraction of sp³-hybridized carbons (Fsp3) is 0.176. The highest BCUT2D eigenvalue weighted by molar-refractivity contribution is 6.48. The number of carbonyl (C=O) groups excluding carboxylic acids is 2. The first-order chi connectivity index (χ1) is 11.9. The van der Waals surface area contributed by atoms with E-state index in [1.165, 1.54) is 12.1 Å². The topological polar surface area (TPSA) is 94.6 Å². The Labute approximate surface area is 153 Å². The number of Topliss-reactive ketones (excluding diaryl/α,β-unsaturated/α-hetero) is 1. The van der Waals surface area contributed by atoms with E-state index in [-0.39, 0.29) is 28.2 Å². The number of nitrogens with zero attached hydrogens (tertiary/aromatic N) is 2. The molecule has 0 saturated heterocycles. The minimum Gasteiger partial charge on any atom is -0.461 e. The van der Waals surface area contributed by atoms with Gasteiger partial charge in [0.2, 0.25) is 0 Å². The monoisotopic (exact) mass is 377 g/mol. The number of pyridine rings is 1. The van der Waals surface area contributed by atoms with Gasteiger partial charge in [-0.25, -0.2) is 14.8 Å². The van der Waals surface area contributed by atoms with E-state index in [1.807, 2.05) is 0 Å². The first-order valence-corrected chi connectivity index (χ1v) is 8.16. The fourth-order valence-corrected chi connectivity index (χ4v) is 3.16. The summed E-state index contributed by atoms with van der Waals surface area (Å²) in [5, 5.41) is 0.0840. The van der Waals surface area contributed by atoms with Gasteiger partial charge in [0.15, 0.2) is 17.0 Å². The highest BCUT2D eigenvalue weighted by atomic mass is 35.5. The lowest BCUT2D eigenvalue weighted by atomic mass is 9.81. The summed E-state index contributed by atoms with van der Waals surface area (Å²) in [6.07, 6.45) is 0. The van der Waals surface area contributed by atoms with Crippen LogP contribution in [0.4, 0.5) is 5.69 Å². The van der Waals surface area contributed by atoms with Crippen LogP contribution >= 0.6 is 23.2 Å². The zero-order valence-corrected chi connectivity index (χ0v) is 14.6. The average molecular weight is 378 g/mol. The second kappa shape index (κ2) is 6.55. The van der Waals surface area contributed by atoms with Gasteiger partial charge in [-0.05, 0) is 25.1 Å². The number of ketones is 1. The van der Waals surface area contributed by atoms with Crippen LogP contribution in [0.15, 0.2) is 41.4 Å². The number of rotatable bonds is 4. The highest BCUT2D eigenvalue weighted by Crippen LogP contribution is 2.39. The fourth-order valence-electron chi connectivity index (χ4n) is 2.70. The number of hydrogen-bond donors (Lipinski definition) is 1. The van der Waals surface area contributed by atoms with Crippen molar-refractivity contribution in [2.24, 2.45) is 10.7 Å². The number of halogens is 2. The Hall–Kier alpha value is -2.28. The highest BCUT2D eigenvalue weighted by Gasteiger charge is 2.50. The molecular weight excluding hydrogens is 365 g/mol. The van der Waals surface area contributed by atoms with E-state index in [4.69, 9.17) is 33.7 Å². The van der Waals surface area contributed by atoms with Crippen molar-refractivity contribution in [2.45, 2.75) is 12.5 Å². The molecule has 1 aromatic heterocycles. The third kappa shape index (κ3) is 2.93. The molecule has 2 aromatic rings.